The maximum Gasteiger partial charge on any atom is 0.156 e. The molecule has 1 aliphatic heterocycles. The van der Waals surface area contributed by atoms with Crippen LogP contribution in [0.1, 0.15) is 71.1 Å². The average molecular weight is 282 g/mol. The molecule has 2 rings (SSSR count). The van der Waals surface area contributed by atoms with Gasteiger partial charge in [-0.15, -0.1) is 0 Å². The maximum atomic E-state index is 4.61. The molecule has 0 aromatic heterocycles. The van der Waals surface area contributed by atoms with Gasteiger partial charge in [-0.25, -0.2) is 0 Å². The first-order valence-corrected chi connectivity index (χ1v) is 9.23. The predicted molar refractivity (Wildman–Crippen MR) is 87.0 cm³/mol. The van der Waals surface area contributed by atoms with Crippen molar-refractivity contribution >= 4 is 16.9 Å². The molecule has 2 nitrogen and oxygen atoms in total. The molecule has 1 heterocycles. The van der Waals surface area contributed by atoms with Gasteiger partial charge in [0.05, 0.1) is 6.54 Å². The van der Waals surface area contributed by atoms with Crippen molar-refractivity contribution in [2.75, 3.05) is 13.1 Å². The van der Waals surface area contributed by atoms with Gasteiger partial charge in [0, 0.05) is 11.8 Å². The molecule has 1 fully saturated rings. The number of unbranched alkanes of at least 4 members (excludes halogenated alkanes) is 7. The van der Waals surface area contributed by atoms with E-state index in [9.17, 15) is 0 Å². The molecule has 3 heteroatoms. The zero-order valence-corrected chi connectivity index (χ0v) is 13.3. The van der Waals surface area contributed by atoms with Gasteiger partial charge in [-0.1, -0.05) is 63.6 Å². The maximum absolute atomic E-state index is 4.61. The lowest BCUT2D eigenvalue weighted by atomic mass is 10.1. The summed E-state index contributed by atoms with van der Waals surface area (Å²) in [6.45, 7) is 4.47. The normalized spacial score (nSPS) is 22.6. The van der Waals surface area contributed by atoms with Gasteiger partial charge in [0.15, 0.2) is 5.17 Å². The molecule has 0 spiro atoms. The first kappa shape index (κ1) is 15.2. The number of nitrogens with zero attached hydrogens (tertiary/aromatic N) is 1. The van der Waals surface area contributed by atoms with Crippen LogP contribution in [0.5, 0.6) is 0 Å². The number of rotatable bonds is 10. The number of hydrogen-bond acceptors (Lipinski definition) is 3. The van der Waals surface area contributed by atoms with Gasteiger partial charge < -0.3 is 5.32 Å². The molecule has 0 amide bonds. The second-order valence-corrected chi connectivity index (χ2v) is 7.27. The zero-order chi connectivity index (χ0) is 13.3. The number of hydrogen-bond donors (Lipinski definition) is 1. The van der Waals surface area contributed by atoms with E-state index in [0.717, 1.165) is 24.3 Å². The van der Waals surface area contributed by atoms with Gasteiger partial charge in [-0.2, -0.15) is 0 Å². The highest BCUT2D eigenvalue weighted by Crippen LogP contribution is 2.41. The smallest absolute Gasteiger partial charge is 0.156 e. The molecular formula is C16H30N2S. The Morgan fingerprint density at radius 1 is 1.05 bits per heavy atom. The molecule has 1 aliphatic carbocycles. The van der Waals surface area contributed by atoms with E-state index >= 15 is 0 Å². The van der Waals surface area contributed by atoms with Gasteiger partial charge in [0.25, 0.3) is 0 Å². The molecule has 0 radical (unpaired) electrons. The summed E-state index contributed by atoms with van der Waals surface area (Å²) in [6.07, 6.45) is 14.1. The van der Waals surface area contributed by atoms with Crippen LogP contribution in [0.15, 0.2) is 4.99 Å². The Morgan fingerprint density at radius 3 is 2.42 bits per heavy atom. The van der Waals surface area contributed by atoms with Crippen molar-refractivity contribution < 1.29 is 0 Å². The van der Waals surface area contributed by atoms with Crippen LogP contribution >= 0.6 is 11.8 Å². The third-order valence-electron chi connectivity index (χ3n) is 4.13. The topological polar surface area (TPSA) is 24.4 Å². The molecule has 1 N–H and O–H groups in total. The fraction of sp³-hybridized carbons (Fsp3) is 0.938. The monoisotopic (exact) mass is 282 g/mol. The molecule has 0 saturated heterocycles. The van der Waals surface area contributed by atoms with Crippen molar-refractivity contribution in [1.82, 2.24) is 5.32 Å². The Bertz CT molecular complexity index is 274. The number of nitrogens with one attached hydrogen (secondary N) is 1. The minimum Gasteiger partial charge on any atom is -0.365 e. The lowest BCUT2D eigenvalue weighted by Gasteiger charge is -2.07. The molecule has 0 aromatic rings. The fourth-order valence-corrected chi connectivity index (χ4v) is 3.89. The lowest BCUT2D eigenvalue weighted by Crippen LogP contribution is -2.20. The number of thioether (sulfide) groups is 1. The summed E-state index contributed by atoms with van der Waals surface area (Å²) in [5.41, 5.74) is 0. The number of amidine groups is 1. The van der Waals surface area contributed by atoms with Crippen molar-refractivity contribution in [3.63, 3.8) is 0 Å². The van der Waals surface area contributed by atoms with E-state index in [1.165, 1.54) is 69.4 Å². The fourth-order valence-electron chi connectivity index (χ4n) is 2.66. The summed E-state index contributed by atoms with van der Waals surface area (Å²) >= 11 is 2.00. The zero-order valence-electron chi connectivity index (χ0n) is 12.5. The SMILES string of the molecule is CCCCCCCCCCNC1=NCC(C2CC2)S1. The van der Waals surface area contributed by atoms with Crippen LogP contribution in [-0.4, -0.2) is 23.5 Å². The summed E-state index contributed by atoms with van der Waals surface area (Å²) in [7, 11) is 0. The van der Waals surface area contributed by atoms with Crippen LogP contribution in [-0.2, 0) is 0 Å². The third-order valence-corrected chi connectivity index (χ3v) is 5.47. The van der Waals surface area contributed by atoms with Crippen LogP contribution in [0.25, 0.3) is 0 Å². The van der Waals surface area contributed by atoms with Crippen LogP contribution in [0.3, 0.4) is 0 Å². The van der Waals surface area contributed by atoms with Crippen molar-refractivity contribution in [3.05, 3.63) is 0 Å². The quantitative estimate of drug-likeness (QED) is 0.592. The predicted octanol–water partition coefficient (Wildman–Crippen LogP) is 4.60. The van der Waals surface area contributed by atoms with E-state index in [1.54, 1.807) is 0 Å². The molecule has 0 bridgehead atoms. The highest BCUT2D eigenvalue weighted by molar-refractivity contribution is 8.14. The van der Waals surface area contributed by atoms with E-state index in [4.69, 9.17) is 0 Å². The molecular weight excluding hydrogens is 252 g/mol. The van der Waals surface area contributed by atoms with Crippen molar-refractivity contribution in [1.29, 1.82) is 0 Å². The average Bonchev–Trinajstić information content (AvgIpc) is 3.17. The van der Waals surface area contributed by atoms with E-state index in [2.05, 4.69) is 17.2 Å². The molecule has 19 heavy (non-hydrogen) atoms. The molecule has 2 aliphatic rings. The van der Waals surface area contributed by atoms with Crippen molar-refractivity contribution in [3.8, 4) is 0 Å². The van der Waals surface area contributed by atoms with Gasteiger partial charge in [-0.05, 0) is 25.2 Å². The second kappa shape index (κ2) is 8.89. The first-order valence-electron chi connectivity index (χ1n) is 8.35. The molecule has 1 atom stereocenters. The largest absolute Gasteiger partial charge is 0.365 e. The Balaban J connectivity index is 1.36. The molecule has 110 valence electrons. The van der Waals surface area contributed by atoms with Crippen LogP contribution < -0.4 is 5.32 Å². The molecule has 1 saturated carbocycles. The third kappa shape index (κ3) is 6.20. The van der Waals surface area contributed by atoms with Gasteiger partial charge in [0.1, 0.15) is 0 Å². The Morgan fingerprint density at radius 2 is 1.74 bits per heavy atom. The summed E-state index contributed by atoms with van der Waals surface area (Å²) in [4.78, 5) is 4.61. The van der Waals surface area contributed by atoms with E-state index in [-0.39, 0.29) is 0 Å². The van der Waals surface area contributed by atoms with Crippen LogP contribution in [0, 0.1) is 5.92 Å². The van der Waals surface area contributed by atoms with Gasteiger partial charge >= 0.3 is 0 Å². The van der Waals surface area contributed by atoms with E-state index in [0.29, 0.717) is 0 Å². The summed E-state index contributed by atoms with van der Waals surface area (Å²) in [6, 6.07) is 0. The van der Waals surface area contributed by atoms with E-state index < -0.39 is 0 Å². The van der Waals surface area contributed by atoms with Gasteiger partial charge in [-0.3, -0.25) is 4.99 Å². The van der Waals surface area contributed by atoms with Crippen LogP contribution in [0.4, 0.5) is 0 Å². The highest BCUT2D eigenvalue weighted by atomic mass is 32.2. The second-order valence-electron chi connectivity index (χ2n) is 6.04. The van der Waals surface area contributed by atoms with Crippen LogP contribution in [0.2, 0.25) is 0 Å². The van der Waals surface area contributed by atoms with Crippen molar-refractivity contribution in [2.24, 2.45) is 10.9 Å². The first-order chi connectivity index (χ1) is 9.40. The van der Waals surface area contributed by atoms with Crippen molar-refractivity contribution in [2.45, 2.75) is 76.4 Å². The molecule has 0 aromatic carbocycles. The van der Waals surface area contributed by atoms with Gasteiger partial charge in [0.2, 0.25) is 0 Å². The minimum atomic E-state index is 0.807. The lowest BCUT2D eigenvalue weighted by molar-refractivity contribution is 0.573. The minimum absolute atomic E-state index is 0.807. The summed E-state index contributed by atoms with van der Waals surface area (Å²) in [5, 5.41) is 5.55. The number of aliphatic imine (C=N–C) groups is 1. The van der Waals surface area contributed by atoms with E-state index in [1.807, 2.05) is 11.8 Å². The standard InChI is InChI=1S/C16H30N2S/c1-2-3-4-5-6-7-8-9-12-17-16-18-13-15(19-16)14-10-11-14/h14-15H,2-13H2,1H3,(H,17,18). The Hall–Kier alpha value is -0.180. The highest BCUT2D eigenvalue weighted by Gasteiger charge is 2.35. The Labute approximate surface area is 123 Å². The Kier molecular flexibility index (Phi) is 7.11. The summed E-state index contributed by atoms with van der Waals surface area (Å²) in [5.74, 6) is 0.983. The summed E-state index contributed by atoms with van der Waals surface area (Å²) < 4.78 is 0. The molecule has 1 unspecified atom stereocenters.